The number of rotatable bonds is 4. The summed E-state index contributed by atoms with van der Waals surface area (Å²) in [6.45, 7) is 6.10. The number of fused-ring (bicyclic) bond motifs is 1. The Balaban J connectivity index is 1.84. The van der Waals surface area contributed by atoms with Crippen LogP contribution >= 0.6 is 0 Å². The number of halogens is 1. The van der Waals surface area contributed by atoms with Crippen molar-refractivity contribution in [3.63, 3.8) is 0 Å². The number of carbonyl (C=O) groups excluding carboxylic acids is 1. The van der Waals surface area contributed by atoms with Gasteiger partial charge < -0.3 is 9.80 Å². The van der Waals surface area contributed by atoms with Crippen LogP contribution in [0.15, 0.2) is 42.9 Å². The van der Waals surface area contributed by atoms with Gasteiger partial charge in [-0.15, -0.1) is 0 Å². The third-order valence-electron chi connectivity index (χ3n) is 5.20. The number of carbonyl (C=O) groups is 1. The molecule has 3 heterocycles. The van der Waals surface area contributed by atoms with E-state index < -0.39 is 0 Å². The van der Waals surface area contributed by atoms with Crippen molar-refractivity contribution in [2.24, 2.45) is 0 Å². The molecule has 1 aromatic carbocycles. The second-order valence-electron chi connectivity index (χ2n) is 7.33. The molecule has 0 spiro atoms. The predicted octanol–water partition coefficient (Wildman–Crippen LogP) is 3.44. The van der Waals surface area contributed by atoms with Crippen molar-refractivity contribution >= 4 is 17.4 Å². The van der Waals surface area contributed by atoms with Crippen molar-refractivity contribution in [1.29, 1.82) is 0 Å². The number of benzene rings is 1. The van der Waals surface area contributed by atoms with E-state index in [1.165, 1.54) is 12.1 Å². The second kappa shape index (κ2) is 7.27. The van der Waals surface area contributed by atoms with E-state index in [-0.39, 0.29) is 23.8 Å². The molecule has 0 saturated heterocycles. The van der Waals surface area contributed by atoms with Crippen LogP contribution in [0.3, 0.4) is 0 Å². The van der Waals surface area contributed by atoms with Gasteiger partial charge in [0.2, 0.25) is 11.9 Å². The Kier molecular flexibility index (Phi) is 4.77. The van der Waals surface area contributed by atoms with E-state index in [2.05, 4.69) is 14.9 Å². The van der Waals surface area contributed by atoms with Crippen LogP contribution < -0.4 is 9.80 Å². The summed E-state index contributed by atoms with van der Waals surface area (Å²) in [4.78, 5) is 30.2. The minimum Gasteiger partial charge on any atom is -0.340 e. The van der Waals surface area contributed by atoms with E-state index in [4.69, 9.17) is 4.98 Å². The standard InChI is InChI=1S/C21H23FN6O/c1-5-16-20(29)26(4)17-12-24-21(25-19(17)28(16)13(2)3)27-11-10-23-18(27)14-6-8-15(22)9-7-14/h6-13,16H,5H2,1-4H3/t16-/m1/s1. The average molecular weight is 394 g/mol. The maximum Gasteiger partial charge on any atom is 0.249 e. The quantitative estimate of drug-likeness (QED) is 0.678. The number of hydrogen-bond acceptors (Lipinski definition) is 5. The Morgan fingerprint density at radius 2 is 1.90 bits per heavy atom. The van der Waals surface area contributed by atoms with Crippen LogP contribution in [0, 0.1) is 5.82 Å². The lowest BCUT2D eigenvalue weighted by atomic mass is 10.1. The molecular formula is C21H23FN6O. The maximum absolute atomic E-state index is 13.3. The van der Waals surface area contributed by atoms with E-state index in [1.54, 1.807) is 47.2 Å². The van der Waals surface area contributed by atoms with Gasteiger partial charge in [0.25, 0.3) is 0 Å². The van der Waals surface area contributed by atoms with Crippen molar-refractivity contribution < 1.29 is 9.18 Å². The first-order valence-electron chi connectivity index (χ1n) is 9.65. The molecule has 1 aliphatic rings. The van der Waals surface area contributed by atoms with Crippen molar-refractivity contribution in [3.05, 3.63) is 48.7 Å². The van der Waals surface area contributed by atoms with Gasteiger partial charge in [-0.1, -0.05) is 6.92 Å². The first-order valence-corrected chi connectivity index (χ1v) is 9.65. The van der Waals surface area contributed by atoms with Crippen LogP contribution in [0.4, 0.5) is 15.9 Å². The van der Waals surface area contributed by atoms with Crippen molar-refractivity contribution in [3.8, 4) is 17.3 Å². The summed E-state index contributed by atoms with van der Waals surface area (Å²) in [5, 5.41) is 0. The molecule has 0 fully saturated rings. The molecule has 1 amide bonds. The highest BCUT2D eigenvalue weighted by Crippen LogP contribution is 2.36. The number of likely N-dealkylation sites (N-methyl/N-ethyl adjacent to an activating group) is 1. The zero-order valence-corrected chi connectivity index (χ0v) is 16.9. The molecule has 8 heteroatoms. The van der Waals surface area contributed by atoms with Gasteiger partial charge in [0.1, 0.15) is 23.4 Å². The highest BCUT2D eigenvalue weighted by Gasteiger charge is 2.38. The topological polar surface area (TPSA) is 67.2 Å². The van der Waals surface area contributed by atoms with Crippen LogP contribution in [-0.4, -0.2) is 44.6 Å². The molecule has 2 aromatic heterocycles. The summed E-state index contributed by atoms with van der Waals surface area (Å²) < 4.78 is 15.1. The summed E-state index contributed by atoms with van der Waals surface area (Å²) >= 11 is 0. The number of nitrogens with zero attached hydrogens (tertiary/aromatic N) is 6. The number of imidazole rings is 1. The highest BCUT2D eigenvalue weighted by molar-refractivity contribution is 6.04. The van der Waals surface area contributed by atoms with Gasteiger partial charge in [-0.3, -0.25) is 9.36 Å². The van der Waals surface area contributed by atoms with E-state index in [1.807, 2.05) is 20.8 Å². The maximum atomic E-state index is 13.3. The molecule has 29 heavy (non-hydrogen) atoms. The third-order valence-corrected chi connectivity index (χ3v) is 5.20. The Labute approximate surface area is 168 Å². The van der Waals surface area contributed by atoms with E-state index in [9.17, 15) is 9.18 Å². The Morgan fingerprint density at radius 3 is 2.55 bits per heavy atom. The summed E-state index contributed by atoms with van der Waals surface area (Å²) in [6.07, 6.45) is 5.79. The number of hydrogen-bond donors (Lipinski definition) is 0. The van der Waals surface area contributed by atoms with Gasteiger partial charge >= 0.3 is 0 Å². The zero-order chi connectivity index (χ0) is 20.7. The summed E-state index contributed by atoms with van der Waals surface area (Å²) in [7, 11) is 1.76. The van der Waals surface area contributed by atoms with Crippen LogP contribution in [0.2, 0.25) is 0 Å². The van der Waals surface area contributed by atoms with Gasteiger partial charge in [-0.2, -0.15) is 4.98 Å². The third kappa shape index (κ3) is 3.14. The lowest BCUT2D eigenvalue weighted by Gasteiger charge is -2.42. The van der Waals surface area contributed by atoms with Gasteiger partial charge in [-0.05, 0) is 44.5 Å². The van der Waals surface area contributed by atoms with Crippen LogP contribution in [0.1, 0.15) is 27.2 Å². The van der Waals surface area contributed by atoms with Crippen LogP contribution in [0.25, 0.3) is 17.3 Å². The van der Waals surface area contributed by atoms with Crippen molar-refractivity contribution in [2.75, 3.05) is 16.8 Å². The molecule has 1 aliphatic heterocycles. The fourth-order valence-electron chi connectivity index (χ4n) is 3.76. The fraction of sp³-hybridized carbons (Fsp3) is 0.333. The SMILES string of the molecule is CC[C@@H]1C(=O)N(C)c2cnc(-n3ccnc3-c3ccc(F)cc3)nc2N1C(C)C. The molecule has 4 rings (SSSR count). The molecular weight excluding hydrogens is 371 g/mol. The fourth-order valence-corrected chi connectivity index (χ4v) is 3.76. The van der Waals surface area contributed by atoms with Crippen molar-refractivity contribution in [2.45, 2.75) is 39.3 Å². The molecule has 0 saturated carbocycles. The summed E-state index contributed by atoms with van der Waals surface area (Å²) in [6, 6.07) is 5.97. The predicted molar refractivity (Wildman–Crippen MR) is 110 cm³/mol. The number of amides is 1. The largest absolute Gasteiger partial charge is 0.340 e. The minimum atomic E-state index is -0.303. The number of anilines is 2. The molecule has 0 radical (unpaired) electrons. The Morgan fingerprint density at radius 1 is 1.17 bits per heavy atom. The zero-order valence-electron chi connectivity index (χ0n) is 16.9. The Hall–Kier alpha value is -3.29. The first kappa shape index (κ1) is 19.0. The molecule has 1 atom stereocenters. The molecule has 7 nitrogen and oxygen atoms in total. The van der Waals surface area contributed by atoms with Gasteiger partial charge in [0.15, 0.2) is 5.82 Å². The molecule has 0 N–H and O–H groups in total. The van der Waals surface area contributed by atoms with Gasteiger partial charge in [0.05, 0.1) is 6.20 Å². The second-order valence-corrected chi connectivity index (χ2v) is 7.33. The van der Waals surface area contributed by atoms with Crippen LogP contribution in [-0.2, 0) is 4.79 Å². The Bertz CT molecular complexity index is 1050. The van der Waals surface area contributed by atoms with Crippen LogP contribution in [0.5, 0.6) is 0 Å². The van der Waals surface area contributed by atoms with Crippen molar-refractivity contribution in [1.82, 2.24) is 19.5 Å². The van der Waals surface area contributed by atoms with Gasteiger partial charge in [0, 0.05) is 31.0 Å². The first-order chi connectivity index (χ1) is 13.9. The van der Waals surface area contributed by atoms with E-state index in [0.717, 1.165) is 11.4 Å². The lowest BCUT2D eigenvalue weighted by molar-refractivity contribution is -0.120. The van der Waals surface area contributed by atoms with Gasteiger partial charge in [-0.25, -0.2) is 14.4 Å². The summed E-state index contributed by atoms with van der Waals surface area (Å²) in [5.41, 5.74) is 1.44. The molecule has 0 aliphatic carbocycles. The smallest absolute Gasteiger partial charge is 0.249 e. The molecule has 0 unspecified atom stereocenters. The molecule has 3 aromatic rings. The van der Waals surface area contributed by atoms with E-state index in [0.29, 0.717) is 23.9 Å². The molecule has 150 valence electrons. The van der Waals surface area contributed by atoms with E-state index >= 15 is 0 Å². The normalized spacial score (nSPS) is 16.5. The minimum absolute atomic E-state index is 0.0414. The lowest BCUT2D eigenvalue weighted by Crippen LogP contribution is -2.55. The summed E-state index contributed by atoms with van der Waals surface area (Å²) in [5.74, 6) is 1.53. The monoisotopic (exact) mass is 394 g/mol. The highest BCUT2D eigenvalue weighted by atomic mass is 19.1. The molecule has 0 bridgehead atoms. The average Bonchev–Trinajstić information content (AvgIpc) is 3.20. The number of aromatic nitrogens is 4.